The fourth-order valence-electron chi connectivity index (χ4n) is 2.66. The molecule has 0 radical (unpaired) electrons. The Morgan fingerprint density at radius 3 is 2.04 bits per heavy atom. The summed E-state index contributed by atoms with van der Waals surface area (Å²) in [5, 5.41) is 2.13. The van der Waals surface area contributed by atoms with Gasteiger partial charge in [0.1, 0.15) is 6.54 Å². The van der Waals surface area contributed by atoms with E-state index < -0.39 is 24.3 Å². The van der Waals surface area contributed by atoms with Crippen LogP contribution < -0.4 is 0 Å². The molecule has 0 bridgehead atoms. The Bertz CT molecular complexity index is 849. The molecule has 0 atom stereocenters. The minimum absolute atomic E-state index is 0.0166. The van der Waals surface area contributed by atoms with Crippen molar-refractivity contribution in [3.05, 3.63) is 70.7 Å². The number of carbonyl (C=O) groups is 4. The van der Waals surface area contributed by atoms with Crippen molar-refractivity contribution in [2.45, 2.75) is 12.8 Å². The zero-order valence-corrected chi connectivity index (χ0v) is 14.5. The standard InChI is InChI=1S/C19H15ClN2O4/c20-15-8-6-14(7-9-15)19(26)21(22-17(24)10-11-18(22)25)12-16(23)13-4-2-1-3-5-13/h1-9H,10-12H2. The molecule has 1 fully saturated rings. The van der Waals surface area contributed by atoms with Crippen LogP contribution in [-0.2, 0) is 9.59 Å². The van der Waals surface area contributed by atoms with E-state index in [1.165, 1.54) is 24.3 Å². The lowest BCUT2D eigenvalue weighted by Gasteiger charge is -2.29. The molecule has 0 saturated carbocycles. The van der Waals surface area contributed by atoms with E-state index in [9.17, 15) is 19.2 Å². The van der Waals surface area contributed by atoms with E-state index in [2.05, 4.69) is 0 Å². The Balaban J connectivity index is 1.92. The Labute approximate surface area is 154 Å². The predicted octanol–water partition coefficient (Wildman–Crippen LogP) is 2.73. The van der Waals surface area contributed by atoms with Crippen LogP contribution in [0.3, 0.4) is 0 Å². The lowest BCUT2D eigenvalue weighted by molar-refractivity contribution is -0.152. The Morgan fingerprint density at radius 1 is 0.885 bits per heavy atom. The Morgan fingerprint density at radius 2 is 1.46 bits per heavy atom. The molecule has 1 saturated heterocycles. The third kappa shape index (κ3) is 3.65. The van der Waals surface area contributed by atoms with Crippen molar-refractivity contribution in [2.24, 2.45) is 0 Å². The highest BCUT2D eigenvalue weighted by Gasteiger charge is 2.38. The van der Waals surface area contributed by atoms with Crippen LogP contribution >= 0.6 is 11.6 Å². The van der Waals surface area contributed by atoms with Crippen LogP contribution in [0.25, 0.3) is 0 Å². The molecule has 1 heterocycles. The summed E-state index contributed by atoms with van der Waals surface area (Å²) in [5.41, 5.74) is 0.614. The van der Waals surface area contributed by atoms with Gasteiger partial charge >= 0.3 is 0 Å². The van der Waals surface area contributed by atoms with Crippen LogP contribution in [0.2, 0.25) is 5.02 Å². The third-order valence-corrected chi connectivity index (χ3v) is 4.23. The fraction of sp³-hybridized carbons (Fsp3) is 0.158. The van der Waals surface area contributed by atoms with E-state index >= 15 is 0 Å². The summed E-state index contributed by atoms with van der Waals surface area (Å²) in [4.78, 5) is 49.7. The molecule has 1 aliphatic rings. The molecule has 0 N–H and O–H groups in total. The maximum absolute atomic E-state index is 12.9. The molecular formula is C19H15ClN2O4. The Kier molecular flexibility index (Phi) is 5.14. The van der Waals surface area contributed by atoms with Gasteiger partial charge in [0, 0.05) is 29.0 Å². The molecule has 3 amide bonds. The number of nitrogens with zero attached hydrogens (tertiary/aromatic N) is 2. The molecular weight excluding hydrogens is 356 g/mol. The van der Waals surface area contributed by atoms with Crippen molar-refractivity contribution < 1.29 is 19.2 Å². The molecule has 0 aliphatic carbocycles. The monoisotopic (exact) mass is 370 g/mol. The highest BCUT2D eigenvalue weighted by Crippen LogP contribution is 2.19. The van der Waals surface area contributed by atoms with Gasteiger partial charge < -0.3 is 0 Å². The number of hydrogen-bond donors (Lipinski definition) is 0. The van der Waals surface area contributed by atoms with Crippen molar-refractivity contribution in [2.75, 3.05) is 6.54 Å². The predicted molar refractivity (Wildman–Crippen MR) is 94.3 cm³/mol. The number of carbonyl (C=O) groups excluding carboxylic acids is 4. The number of benzene rings is 2. The van der Waals surface area contributed by atoms with Crippen LogP contribution in [0.1, 0.15) is 33.6 Å². The number of halogens is 1. The van der Waals surface area contributed by atoms with Crippen LogP contribution in [0.4, 0.5) is 0 Å². The molecule has 6 nitrogen and oxygen atoms in total. The molecule has 0 unspecified atom stereocenters. The molecule has 1 aliphatic heterocycles. The molecule has 3 rings (SSSR count). The van der Waals surface area contributed by atoms with Crippen LogP contribution in [0.15, 0.2) is 54.6 Å². The fourth-order valence-corrected chi connectivity index (χ4v) is 2.79. The molecule has 0 spiro atoms. The summed E-state index contributed by atoms with van der Waals surface area (Å²) in [6, 6.07) is 14.4. The van der Waals surface area contributed by atoms with Crippen molar-refractivity contribution in [3.63, 3.8) is 0 Å². The second-order valence-electron chi connectivity index (χ2n) is 5.76. The maximum Gasteiger partial charge on any atom is 0.273 e. The maximum atomic E-state index is 12.9. The van der Waals surface area contributed by atoms with Gasteiger partial charge in [-0.1, -0.05) is 41.9 Å². The van der Waals surface area contributed by atoms with E-state index in [-0.39, 0.29) is 24.2 Å². The van der Waals surface area contributed by atoms with Gasteiger partial charge in [-0.25, -0.2) is 5.01 Å². The Hall–Kier alpha value is -2.99. The molecule has 0 aromatic heterocycles. The summed E-state index contributed by atoms with van der Waals surface area (Å²) < 4.78 is 0. The van der Waals surface area contributed by atoms with Crippen molar-refractivity contribution in [3.8, 4) is 0 Å². The number of Topliss-reactive ketones (excluding diaryl/α,β-unsaturated/α-hetero) is 1. The smallest absolute Gasteiger partial charge is 0.273 e. The number of amides is 3. The number of ketones is 1. The highest BCUT2D eigenvalue weighted by molar-refractivity contribution is 6.30. The SMILES string of the molecule is O=C(CN(C(=O)c1ccc(Cl)cc1)N1C(=O)CCC1=O)c1ccccc1. The first kappa shape index (κ1) is 17.8. The second-order valence-corrected chi connectivity index (χ2v) is 6.19. The molecule has 2 aromatic rings. The average molecular weight is 371 g/mol. The number of rotatable bonds is 5. The third-order valence-electron chi connectivity index (χ3n) is 3.98. The largest absolute Gasteiger partial charge is 0.292 e. The molecule has 26 heavy (non-hydrogen) atoms. The van der Waals surface area contributed by atoms with Crippen molar-refractivity contribution >= 4 is 35.1 Å². The lowest BCUT2D eigenvalue weighted by Crippen LogP contribution is -2.51. The first-order valence-corrected chi connectivity index (χ1v) is 8.36. The number of imide groups is 1. The average Bonchev–Trinajstić information content (AvgIpc) is 2.99. The van der Waals surface area contributed by atoms with E-state index in [4.69, 9.17) is 11.6 Å². The summed E-state index contributed by atoms with van der Waals surface area (Å²) in [7, 11) is 0. The van der Waals surface area contributed by atoms with Gasteiger partial charge in [-0.3, -0.25) is 19.2 Å². The molecule has 7 heteroatoms. The highest BCUT2D eigenvalue weighted by atomic mass is 35.5. The van der Waals surface area contributed by atoms with Gasteiger partial charge in [0.2, 0.25) is 11.8 Å². The topological polar surface area (TPSA) is 74.8 Å². The summed E-state index contributed by atoms with van der Waals surface area (Å²) >= 11 is 5.84. The second kappa shape index (κ2) is 7.49. The van der Waals surface area contributed by atoms with Crippen molar-refractivity contribution in [1.29, 1.82) is 0 Å². The van der Waals surface area contributed by atoms with E-state index in [0.29, 0.717) is 10.6 Å². The van der Waals surface area contributed by atoms with Crippen LogP contribution in [-0.4, -0.2) is 40.1 Å². The number of hydrogen-bond acceptors (Lipinski definition) is 4. The van der Waals surface area contributed by atoms with Gasteiger partial charge in [-0.15, -0.1) is 0 Å². The zero-order chi connectivity index (χ0) is 18.7. The minimum atomic E-state index is -0.616. The first-order valence-electron chi connectivity index (χ1n) is 7.99. The van der Waals surface area contributed by atoms with Gasteiger partial charge in [-0.05, 0) is 24.3 Å². The van der Waals surface area contributed by atoms with Gasteiger partial charge in [0.05, 0.1) is 0 Å². The van der Waals surface area contributed by atoms with Gasteiger partial charge in [-0.2, -0.15) is 5.01 Å². The van der Waals surface area contributed by atoms with E-state index in [1.54, 1.807) is 30.3 Å². The van der Waals surface area contributed by atoms with Crippen LogP contribution in [0.5, 0.6) is 0 Å². The number of hydrazine groups is 1. The van der Waals surface area contributed by atoms with E-state index in [0.717, 1.165) is 10.0 Å². The quantitative estimate of drug-likeness (QED) is 0.599. The lowest BCUT2D eigenvalue weighted by atomic mass is 10.1. The summed E-state index contributed by atoms with van der Waals surface area (Å²) in [5.74, 6) is -1.99. The van der Waals surface area contributed by atoms with Gasteiger partial charge in [0.15, 0.2) is 5.78 Å². The van der Waals surface area contributed by atoms with Gasteiger partial charge in [0.25, 0.3) is 5.91 Å². The zero-order valence-electron chi connectivity index (χ0n) is 13.7. The normalized spacial score (nSPS) is 13.8. The molecule has 132 valence electrons. The van der Waals surface area contributed by atoms with Crippen molar-refractivity contribution in [1.82, 2.24) is 10.0 Å². The minimum Gasteiger partial charge on any atom is -0.292 e. The molecule has 2 aromatic carbocycles. The summed E-state index contributed by atoms with van der Waals surface area (Å²) in [6.45, 7) is -0.414. The van der Waals surface area contributed by atoms with Crippen LogP contribution in [0, 0.1) is 0 Å². The van der Waals surface area contributed by atoms with E-state index in [1.807, 2.05) is 0 Å². The first-order chi connectivity index (χ1) is 12.5. The summed E-state index contributed by atoms with van der Waals surface area (Å²) in [6.07, 6.45) is 0.0333.